The molecule has 2 aliphatic heterocycles. The molecule has 0 unspecified atom stereocenters. The van der Waals surface area contributed by atoms with E-state index in [9.17, 15) is 4.79 Å². The summed E-state index contributed by atoms with van der Waals surface area (Å²) in [6, 6.07) is 8.42. The third kappa shape index (κ3) is 0.961. The molecule has 1 fully saturated rings. The molecule has 0 aliphatic carbocycles. The van der Waals surface area contributed by atoms with Gasteiger partial charge in [-0.05, 0) is 18.6 Å². The van der Waals surface area contributed by atoms with Crippen molar-refractivity contribution in [2.75, 3.05) is 18.5 Å². The number of benzene rings is 1. The summed E-state index contributed by atoms with van der Waals surface area (Å²) in [4.78, 5) is 16.1. The number of hydrogen-bond donors (Lipinski definition) is 0. The minimum absolute atomic E-state index is 0.0511. The summed E-state index contributed by atoms with van der Waals surface area (Å²) in [6.07, 6.45) is 0. The van der Waals surface area contributed by atoms with Gasteiger partial charge in [-0.15, -0.1) is 0 Å². The Balaban J connectivity index is 2.28. The predicted octanol–water partition coefficient (Wildman–Crippen LogP) is 1.97. The molecular formula is C14H18N2O. The Morgan fingerprint density at radius 3 is 2.53 bits per heavy atom. The van der Waals surface area contributed by atoms with Gasteiger partial charge >= 0.3 is 0 Å². The van der Waals surface area contributed by atoms with Crippen LogP contribution in [0.2, 0.25) is 0 Å². The van der Waals surface area contributed by atoms with Crippen molar-refractivity contribution in [3.8, 4) is 0 Å². The fourth-order valence-electron chi connectivity index (χ4n) is 3.39. The molecule has 0 bridgehead atoms. The van der Waals surface area contributed by atoms with E-state index in [1.165, 1.54) is 11.3 Å². The first-order valence-electron chi connectivity index (χ1n) is 6.04. The van der Waals surface area contributed by atoms with Gasteiger partial charge < -0.3 is 9.80 Å². The third-order valence-electron chi connectivity index (χ3n) is 4.90. The van der Waals surface area contributed by atoms with Crippen LogP contribution in [0.5, 0.6) is 0 Å². The highest BCUT2D eigenvalue weighted by Gasteiger charge is 2.61. The maximum atomic E-state index is 12.0. The highest BCUT2D eigenvalue weighted by molar-refractivity contribution is 5.90. The van der Waals surface area contributed by atoms with Crippen LogP contribution in [0.4, 0.5) is 5.69 Å². The Bertz CT molecular complexity index is 509. The topological polar surface area (TPSA) is 23.6 Å². The summed E-state index contributed by atoms with van der Waals surface area (Å²) in [5.74, 6) is 0.204. The lowest BCUT2D eigenvalue weighted by atomic mass is 9.76. The summed E-state index contributed by atoms with van der Waals surface area (Å²) in [6.45, 7) is 7.10. The first kappa shape index (κ1) is 10.6. The lowest BCUT2D eigenvalue weighted by molar-refractivity contribution is -0.129. The van der Waals surface area contributed by atoms with E-state index in [0.29, 0.717) is 6.54 Å². The molecule has 0 N–H and O–H groups in total. The SMILES string of the molecule is CN1C(=O)CN2c3ccccc3C(C)(C)[C@@]12C. The molecule has 0 spiro atoms. The fraction of sp³-hybridized carbons (Fsp3) is 0.500. The molecule has 3 rings (SSSR count). The smallest absolute Gasteiger partial charge is 0.243 e. The van der Waals surface area contributed by atoms with Crippen LogP contribution in [0.1, 0.15) is 26.3 Å². The van der Waals surface area contributed by atoms with E-state index in [2.05, 4.69) is 43.9 Å². The van der Waals surface area contributed by atoms with E-state index in [0.717, 1.165) is 0 Å². The van der Waals surface area contributed by atoms with Gasteiger partial charge in [0, 0.05) is 18.2 Å². The standard InChI is InChI=1S/C14H18N2O/c1-13(2)10-7-5-6-8-11(10)16-9-12(17)15(4)14(13,16)3/h5-8H,9H2,1-4H3/t14-/m0/s1. The Morgan fingerprint density at radius 1 is 1.18 bits per heavy atom. The molecule has 1 aromatic carbocycles. The Labute approximate surface area is 102 Å². The van der Waals surface area contributed by atoms with Crippen LogP contribution >= 0.6 is 0 Å². The van der Waals surface area contributed by atoms with Crippen molar-refractivity contribution in [3.63, 3.8) is 0 Å². The summed E-state index contributed by atoms with van der Waals surface area (Å²) in [5.41, 5.74) is 2.25. The third-order valence-corrected chi connectivity index (χ3v) is 4.90. The Morgan fingerprint density at radius 2 is 1.82 bits per heavy atom. The second kappa shape index (κ2) is 2.84. The number of fused-ring (bicyclic) bond motifs is 3. The molecular weight excluding hydrogens is 212 g/mol. The lowest BCUT2D eigenvalue weighted by Crippen LogP contribution is -2.58. The number of carbonyl (C=O) groups is 1. The van der Waals surface area contributed by atoms with E-state index in [-0.39, 0.29) is 17.0 Å². The number of likely N-dealkylation sites (N-methyl/N-ethyl adjacent to an activating group) is 1. The van der Waals surface area contributed by atoms with Crippen molar-refractivity contribution in [1.82, 2.24) is 4.90 Å². The average molecular weight is 230 g/mol. The van der Waals surface area contributed by atoms with Crippen LogP contribution < -0.4 is 4.90 Å². The van der Waals surface area contributed by atoms with E-state index in [1.807, 2.05) is 18.0 Å². The zero-order chi connectivity index (χ0) is 12.4. The van der Waals surface area contributed by atoms with Gasteiger partial charge in [-0.2, -0.15) is 0 Å². The predicted molar refractivity (Wildman–Crippen MR) is 68.0 cm³/mol. The fourth-order valence-corrected chi connectivity index (χ4v) is 3.39. The molecule has 0 saturated carbocycles. The maximum Gasteiger partial charge on any atom is 0.243 e. The first-order chi connectivity index (χ1) is 7.90. The highest BCUT2D eigenvalue weighted by atomic mass is 16.2. The van der Waals surface area contributed by atoms with Crippen molar-refractivity contribution in [2.24, 2.45) is 0 Å². The summed E-state index contributed by atoms with van der Waals surface area (Å²) in [5, 5.41) is 0. The van der Waals surface area contributed by atoms with Crippen LogP contribution in [-0.2, 0) is 10.2 Å². The number of anilines is 1. The number of nitrogens with zero attached hydrogens (tertiary/aromatic N) is 2. The number of amides is 1. The molecule has 3 heteroatoms. The molecule has 1 atom stereocenters. The van der Waals surface area contributed by atoms with Crippen molar-refractivity contribution < 1.29 is 4.79 Å². The molecule has 2 heterocycles. The van der Waals surface area contributed by atoms with Crippen LogP contribution in [-0.4, -0.2) is 30.1 Å². The van der Waals surface area contributed by atoms with Crippen LogP contribution in [0.3, 0.4) is 0 Å². The molecule has 1 amide bonds. The normalized spacial score (nSPS) is 29.5. The maximum absolute atomic E-state index is 12.0. The summed E-state index contributed by atoms with van der Waals surface area (Å²) in [7, 11) is 1.91. The van der Waals surface area contributed by atoms with Gasteiger partial charge in [-0.1, -0.05) is 32.0 Å². The molecule has 90 valence electrons. The lowest BCUT2D eigenvalue weighted by Gasteiger charge is -2.44. The van der Waals surface area contributed by atoms with Crippen LogP contribution in [0.15, 0.2) is 24.3 Å². The molecule has 1 aromatic rings. The van der Waals surface area contributed by atoms with Crippen LogP contribution in [0, 0.1) is 0 Å². The monoisotopic (exact) mass is 230 g/mol. The van der Waals surface area contributed by atoms with E-state index < -0.39 is 0 Å². The van der Waals surface area contributed by atoms with Gasteiger partial charge in [-0.3, -0.25) is 4.79 Å². The number of carbonyl (C=O) groups excluding carboxylic acids is 1. The van der Waals surface area contributed by atoms with Gasteiger partial charge in [-0.25, -0.2) is 0 Å². The number of para-hydroxylation sites is 1. The Kier molecular flexibility index (Phi) is 1.77. The van der Waals surface area contributed by atoms with E-state index >= 15 is 0 Å². The molecule has 3 nitrogen and oxygen atoms in total. The largest absolute Gasteiger partial charge is 0.338 e. The minimum Gasteiger partial charge on any atom is -0.338 e. The zero-order valence-electron chi connectivity index (χ0n) is 10.8. The van der Waals surface area contributed by atoms with Crippen molar-refractivity contribution in [3.05, 3.63) is 29.8 Å². The first-order valence-corrected chi connectivity index (χ1v) is 6.04. The molecule has 1 saturated heterocycles. The second-order valence-corrected chi connectivity index (χ2v) is 5.70. The van der Waals surface area contributed by atoms with Crippen LogP contribution in [0.25, 0.3) is 0 Å². The van der Waals surface area contributed by atoms with Gasteiger partial charge in [0.05, 0.1) is 6.54 Å². The van der Waals surface area contributed by atoms with Gasteiger partial charge in [0.15, 0.2) is 0 Å². The second-order valence-electron chi connectivity index (χ2n) is 5.70. The molecule has 0 radical (unpaired) electrons. The average Bonchev–Trinajstić information content (AvgIpc) is 2.63. The molecule has 0 aromatic heterocycles. The molecule has 17 heavy (non-hydrogen) atoms. The van der Waals surface area contributed by atoms with Gasteiger partial charge in [0.1, 0.15) is 5.66 Å². The van der Waals surface area contributed by atoms with Gasteiger partial charge in [0.25, 0.3) is 0 Å². The quantitative estimate of drug-likeness (QED) is 0.680. The molecule has 2 aliphatic rings. The number of hydrogen-bond acceptors (Lipinski definition) is 2. The highest BCUT2D eigenvalue weighted by Crippen LogP contribution is 2.54. The van der Waals surface area contributed by atoms with Crippen molar-refractivity contribution in [2.45, 2.75) is 31.8 Å². The van der Waals surface area contributed by atoms with Crippen molar-refractivity contribution in [1.29, 1.82) is 0 Å². The summed E-state index contributed by atoms with van der Waals surface area (Å²) < 4.78 is 0. The zero-order valence-corrected chi connectivity index (χ0v) is 10.8. The Hall–Kier alpha value is -1.51. The van der Waals surface area contributed by atoms with Crippen molar-refractivity contribution >= 4 is 11.6 Å². The van der Waals surface area contributed by atoms with E-state index in [4.69, 9.17) is 0 Å². The minimum atomic E-state index is -0.242. The number of rotatable bonds is 0. The van der Waals surface area contributed by atoms with E-state index in [1.54, 1.807) is 0 Å². The van der Waals surface area contributed by atoms with Gasteiger partial charge in [0.2, 0.25) is 5.91 Å². The summed E-state index contributed by atoms with van der Waals surface area (Å²) >= 11 is 0.